The Labute approximate surface area is 122 Å². The van der Waals surface area contributed by atoms with Gasteiger partial charge in [0.2, 0.25) is 0 Å². The van der Waals surface area contributed by atoms with E-state index in [4.69, 9.17) is 4.42 Å². The van der Waals surface area contributed by atoms with Crippen LogP contribution in [0.5, 0.6) is 0 Å². The Morgan fingerprint density at radius 2 is 2.14 bits per heavy atom. The predicted molar refractivity (Wildman–Crippen MR) is 76.7 cm³/mol. The molecule has 0 saturated heterocycles. The molecular weight excluding hydrogens is 272 g/mol. The molecule has 0 aliphatic rings. The lowest BCUT2D eigenvalue weighted by Gasteiger charge is -2.21. The summed E-state index contributed by atoms with van der Waals surface area (Å²) in [4.78, 5) is 19.9. The number of anilines is 1. The molecule has 0 radical (unpaired) electrons. The SMILES string of the molecule is CCc1ncc(NC(=O)NCC(C)(O)c2ccco2)cn1. The van der Waals surface area contributed by atoms with Crippen LogP contribution in [0.15, 0.2) is 35.2 Å². The summed E-state index contributed by atoms with van der Waals surface area (Å²) in [5, 5.41) is 15.4. The third-order valence-corrected chi connectivity index (χ3v) is 2.92. The number of rotatable bonds is 5. The number of hydrogen-bond acceptors (Lipinski definition) is 5. The van der Waals surface area contributed by atoms with Crippen molar-refractivity contribution in [2.24, 2.45) is 0 Å². The zero-order valence-electron chi connectivity index (χ0n) is 12.0. The summed E-state index contributed by atoms with van der Waals surface area (Å²) in [6.07, 6.45) is 5.28. The van der Waals surface area contributed by atoms with E-state index in [1.54, 1.807) is 19.1 Å². The van der Waals surface area contributed by atoms with Crippen LogP contribution in [-0.2, 0) is 12.0 Å². The van der Waals surface area contributed by atoms with Crippen LogP contribution in [0.25, 0.3) is 0 Å². The van der Waals surface area contributed by atoms with Gasteiger partial charge in [0.05, 0.1) is 30.9 Å². The van der Waals surface area contributed by atoms with Crippen molar-refractivity contribution < 1.29 is 14.3 Å². The molecule has 112 valence electrons. The van der Waals surface area contributed by atoms with Gasteiger partial charge in [-0.1, -0.05) is 6.92 Å². The molecule has 0 aliphatic carbocycles. The fourth-order valence-corrected chi connectivity index (χ4v) is 1.70. The van der Waals surface area contributed by atoms with Crippen molar-refractivity contribution in [3.05, 3.63) is 42.4 Å². The summed E-state index contributed by atoms with van der Waals surface area (Å²) >= 11 is 0. The summed E-state index contributed by atoms with van der Waals surface area (Å²) < 4.78 is 5.13. The molecule has 0 bridgehead atoms. The first-order chi connectivity index (χ1) is 10.0. The van der Waals surface area contributed by atoms with Crippen molar-refractivity contribution in [2.75, 3.05) is 11.9 Å². The summed E-state index contributed by atoms with van der Waals surface area (Å²) in [6.45, 7) is 3.53. The summed E-state index contributed by atoms with van der Waals surface area (Å²) in [5.41, 5.74) is -0.786. The third-order valence-electron chi connectivity index (χ3n) is 2.92. The minimum Gasteiger partial charge on any atom is -0.466 e. The summed E-state index contributed by atoms with van der Waals surface area (Å²) in [7, 11) is 0. The Hall–Kier alpha value is -2.41. The standard InChI is InChI=1S/C14H18N4O3/c1-3-12-15-7-10(8-16-12)18-13(19)17-9-14(2,20)11-5-4-6-21-11/h4-8,20H,3,9H2,1-2H3,(H2,17,18,19). The maximum Gasteiger partial charge on any atom is 0.319 e. The van der Waals surface area contributed by atoms with Gasteiger partial charge in [-0.05, 0) is 19.1 Å². The normalized spacial score (nSPS) is 13.5. The van der Waals surface area contributed by atoms with Gasteiger partial charge in [0.15, 0.2) is 0 Å². The highest BCUT2D eigenvalue weighted by Crippen LogP contribution is 2.19. The first-order valence-corrected chi connectivity index (χ1v) is 6.63. The molecule has 7 nitrogen and oxygen atoms in total. The average Bonchev–Trinajstić information content (AvgIpc) is 3.01. The topological polar surface area (TPSA) is 100 Å². The van der Waals surface area contributed by atoms with E-state index in [2.05, 4.69) is 20.6 Å². The second-order valence-corrected chi connectivity index (χ2v) is 4.80. The van der Waals surface area contributed by atoms with Crippen LogP contribution >= 0.6 is 0 Å². The molecule has 3 N–H and O–H groups in total. The molecule has 0 saturated carbocycles. The Morgan fingerprint density at radius 3 is 2.71 bits per heavy atom. The first kappa shape index (κ1) is 15.0. The molecular formula is C14H18N4O3. The number of urea groups is 1. The molecule has 0 aliphatic heterocycles. The lowest BCUT2D eigenvalue weighted by molar-refractivity contribution is 0.0372. The van der Waals surface area contributed by atoms with Gasteiger partial charge in [-0.25, -0.2) is 14.8 Å². The lowest BCUT2D eigenvalue weighted by Crippen LogP contribution is -2.40. The Balaban J connectivity index is 1.87. The predicted octanol–water partition coefficient (Wildman–Crippen LogP) is 1.66. The summed E-state index contributed by atoms with van der Waals surface area (Å²) in [6, 6.07) is 2.88. The molecule has 7 heteroatoms. The Morgan fingerprint density at radius 1 is 1.43 bits per heavy atom. The molecule has 2 aromatic heterocycles. The van der Waals surface area contributed by atoms with Crippen molar-refractivity contribution >= 4 is 11.7 Å². The fraction of sp³-hybridized carbons (Fsp3) is 0.357. The number of aliphatic hydroxyl groups is 1. The highest BCUT2D eigenvalue weighted by atomic mass is 16.4. The van der Waals surface area contributed by atoms with Crippen LogP contribution in [0, 0.1) is 0 Å². The number of aryl methyl sites for hydroxylation is 1. The van der Waals surface area contributed by atoms with Crippen LogP contribution in [0.4, 0.5) is 10.5 Å². The number of furan rings is 1. The van der Waals surface area contributed by atoms with Gasteiger partial charge >= 0.3 is 6.03 Å². The maximum absolute atomic E-state index is 11.8. The van der Waals surface area contributed by atoms with Crippen LogP contribution in [0.1, 0.15) is 25.4 Å². The van der Waals surface area contributed by atoms with Gasteiger partial charge in [0.25, 0.3) is 0 Å². The zero-order valence-corrected chi connectivity index (χ0v) is 12.0. The Bertz CT molecular complexity index is 579. The molecule has 0 aromatic carbocycles. The highest BCUT2D eigenvalue weighted by molar-refractivity contribution is 5.88. The van der Waals surface area contributed by atoms with Gasteiger partial charge in [0.1, 0.15) is 17.2 Å². The van der Waals surface area contributed by atoms with Crippen LogP contribution in [0.2, 0.25) is 0 Å². The molecule has 2 heterocycles. The van der Waals surface area contributed by atoms with Gasteiger partial charge in [-0.15, -0.1) is 0 Å². The summed E-state index contributed by atoms with van der Waals surface area (Å²) in [5.74, 6) is 1.10. The van der Waals surface area contributed by atoms with E-state index in [-0.39, 0.29) is 6.54 Å². The number of aromatic nitrogens is 2. The van der Waals surface area contributed by atoms with Gasteiger partial charge < -0.3 is 20.2 Å². The van der Waals surface area contributed by atoms with Gasteiger partial charge in [-0.3, -0.25) is 0 Å². The molecule has 21 heavy (non-hydrogen) atoms. The van der Waals surface area contributed by atoms with E-state index >= 15 is 0 Å². The van der Waals surface area contributed by atoms with E-state index < -0.39 is 11.6 Å². The van der Waals surface area contributed by atoms with Crippen molar-refractivity contribution in [3.8, 4) is 0 Å². The number of nitrogens with one attached hydrogen (secondary N) is 2. The number of carbonyl (C=O) groups is 1. The van der Waals surface area contributed by atoms with Crippen molar-refractivity contribution in [1.29, 1.82) is 0 Å². The maximum atomic E-state index is 11.8. The number of amides is 2. The second-order valence-electron chi connectivity index (χ2n) is 4.80. The van der Waals surface area contributed by atoms with E-state index in [1.807, 2.05) is 6.92 Å². The third kappa shape index (κ3) is 4.03. The molecule has 2 aromatic rings. The Kier molecular flexibility index (Phi) is 4.54. The van der Waals surface area contributed by atoms with E-state index in [9.17, 15) is 9.90 Å². The van der Waals surface area contributed by atoms with Gasteiger partial charge in [-0.2, -0.15) is 0 Å². The molecule has 2 amide bonds. The first-order valence-electron chi connectivity index (χ1n) is 6.63. The van der Waals surface area contributed by atoms with Crippen LogP contribution in [-0.4, -0.2) is 27.7 Å². The molecule has 0 fully saturated rings. The van der Waals surface area contributed by atoms with Gasteiger partial charge in [0, 0.05) is 6.42 Å². The van der Waals surface area contributed by atoms with Crippen LogP contribution < -0.4 is 10.6 Å². The largest absolute Gasteiger partial charge is 0.466 e. The quantitative estimate of drug-likeness (QED) is 0.777. The minimum atomic E-state index is -1.27. The fourth-order valence-electron chi connectivity index (χ4n) is 1.70. The van der Waals surface area contributed by atoms with E-state index in [0.717, 1.165) is 6.42 Å². The minimum absolute atomic E-state index is 0.0141. The van der Waals surface area contributed by atoms with E-state index in [1.165, 1.54) is 18.7 Å². The molecule has 1 unspecified atom stereocenters. The lowest BCUT2D eigenvalue weighted by atomic mass is 10.0. The number of nitrogens with zero attached hydrogens (tertiary/aromatic N) is 2. The van der Waals surface area contributed by atoms with Crippen molar-refractivity contribution in [2.45, 2.75) is 25.9 Å². The number of hydrogen-bond donors (Lipinski definition) is 3. The monoisotopic (exact) mass is 290 g/mol. The second kappa shape index (κ2) is 6.36. The average molecular weight is 290 g/mol. The molecule has 0 spiro atoms. The zero-order chi connectivity index (χ0) is 15.3. The smallest absolute Gasteiger partial charge is 0.319 e. The molecule has 1 atom stereocenters. The van der Waals surface area contributed by atoms with E-state index in [0.29, 0.717) is 17.3 Å². The van der Waals surface area contributed by atoms with Crippen molar-refractivity contribution in [3.63, 3.8) is 0 Å². The van der Waals surface area contributed by atoms with Crippen LogP contribution in [0.3, 0.4) is 0 Å². The highest BCUT2D eigenvalue weighted by Gasteiger charge is 2.26. The van der Waals surface area contributed by atoms with Crippen molar-refractivity contribution in [1.82, 2.24) is 15.3 Å². The number of carbonyl (C=O) groups excluding carboxylic acids is 1. The molecule has 2 rings (SSSR count).